The molecule has 25 heavy (non-hydrogen) atoms. The van der Waals surface area contributed by atoms with E-state index in [2.05, 4.69) is 9.97 Å². The average Bonchev–Trinajstić information content (AvgIpc) is 2.62. The van der Waals surface area contributed by atoms with Gasteiger partial charge in [0.25, 0.3) is 0 Å². The molecule has 138 valence electrons. The highest BCUT2D eigenvalue weighted by Crippen LogP contribution is 2.24. The van der Waals surface area contributed by atoms with E-state index in [0.717, 1.165) is 12.8 Å². The number of hydrogen-bond acceptors (Lipinski definition) is 6. The van der Waals surface area contributed by atoms with Crippen LogP contribution in [0, 0.1) is 5.92 Å². The molecule has 1 amide bonds. The van der Waals surface area contributed by atoms with Crippen LogP contribution in [0.3, 0.4) is 0 Å². The summed E-state index contributed by atoms with van der Waals surface area (Å²) in [6, 6.07) is 0. The molecule has 1 aromatic rings. The number of likely N-dealkylation sites (tertiary alicyclic amines) is 1. The predicted molar refractivity (Wildman–Crippen MR) is 91.4 cm³/mol. The van der Waals surface area contributed by atoms with Gasteiger partial charge in [0.1, 0.15) is 6.10 Å². The van der Waals surface area contributed by atoms with E-state index in [4.69, 9.17) is 4.74 Å². The number of rotatable bonds is 4. The fourth-order valence-corrected chi connectivity index (χ4v) is 4.28. The molecule has 0 atom stereocenters. The Labute approximate surface area is 148 Å². The minimum absolute atomic E-state index is 0.0489. The highest BCUT2D eigenvalue weighted by molar-refractivity contribution is 7.88. The summed E-state index contributed by atoms with van der Waals surface area (Å²) in [6.07, 6.45) is 8.79. The molecule has 2 aliphatic rings. The van der Waals surface area contributed by atoms with Crippen molar-refractivity contribution in [3.8, 4) is 5.88 Å². The molecule has 1 aromatic heterocycles. The van der Waals surface area contributed by atoms with E-state index in [1.807, 2.05) is 4.90 Å². The van der Waals surface area contributed by atoms with Crippen molar-refractivity contribution in [2.24, 2.45) is 5.92 Å². The molecular formula is C16H24N4O4S. The van der Waals surface area contributed by atoms with E-state index in [0.29, 0.717) is 44.9 Å². The zero-order valence-electron chi connectivity index (χ0n) is 14.4. The summed E-state index contributed by atoms with van der Waals surface area (Å²) >= 11 is 0. The van der Waals surface area contributed by atoms with Gasteiger partial charge < -0.3 is 9.64 Å². The summed E-state index contributed by atoms with van der Waals surface area (Å²) in [7, 11) is -3.16. The number of hydrogen-bond donors (Lipinski definition) is 0. The second-order valence-electron chi connectivity index (χ2n) is 6.62. The number of ether oxygens (including phenoxy) is 1. The summed E-state index contributed by atoms with van der Waals surface area (Å²) in [5.74, 6) is 0.585. The molecule has 0 saturated carbocycles. The molecule has 3 heterocycles. The van der Waals surface area contributed by atoms with Crippen LogP contribution in [0.1, 0.15) is 25.7 Å². The van der Waals surface area contributed by atoms with E-state index in [9.17, 15) is 13.2 Å². The smallest absolute Gasteiger partial charge is 0.232 e. The Morgan fingerprint density at radius 1 is 1.12 bits per heavy atom. The quantitative estimate of drug-likeness (QED) is 0.769. The second-order valence-corrected chi connectivity index (χ2v) is 8.60. The highest BCUT2D eigenvalue weighted by atomic mass is 32.2. The molecule has 9 heteroatoms. The van der Waals surface area contributed by atoms with Crippen molar-refractivity contribution >= 4 is 15.9 Å². The van der Waals surface area contributed by atoms with Gasteiger partial charge in [-0.25, -0.2) is 17.7 Å². The lowest BCUT2D eigenvalue weighted by Crippen LogP contribution is -2.47. The van der Waals surface area contributed by atoms with Crippen molar-refractivity contribution in [2.75, 3.05) is 32.4 Å². The Balaban J connectivity index is 1.46. The summed E-state index contributed by atoms with van der Waals surface area (Å²) < 4.78 is 30.4. The zero-order valence-corrected chi connectivity index (χ0v) is 15.2. The molecule has 0 spiro atoms. The maximum absolute atomic E-state index is 12.7. The van der Waals surface area contributed by atoms with Crippen LogP contribution in [0.4, 0.5) is 0 Å². The van der Waals surface area contributed by atoms with Crippen LogP contribution in [0.5, 0.6) is 5.88 Å². The van der Waals surface area contributed by atoms with Crippen molar-refractivity contribution < 1.29 is 17.9 Å². The Morgan fingerprint density at radius 2 is 1.80 bits per heavy atom. The molecule has 0 aliphatic carbocycles. The van der Waals surface area contributed by atoms with Gasteiger partial charge in [0, 0.05) is 57.3 Å². The van der Waals surface area contributed by atoms with Gasteiger partial charge in [0.05, 0.1) is 12.5 Å². The van der Waals surface area contributed by atoms with E-state index in [1.54, 1.807) is 18.6 Å². The van der Waals surface area contributed by atoms with Gasteiger partial charge in [-0.1, -0.05) is 0 Å². The van der Waals surface area contributed by atoms with Crippen molar-refractivity contribution in [2.45, 2.75) is 31.8 Å². The molecular weight excluding hydrogens is 344 g/mol. The Bertz CT molecular complexity index is 681. The number of carbonyl (C=O) groups is 1. The lowest BCUT2D eigenvalue weighted by atomic mass is 9.95. The van der Waals surface area contributed by atoms with Crippen LogP contribution in [0.25, 0.3) is 0 Å². The molecule has 0 N–H and O–H groups in total. The number of sulfonamides is 1. The van der Waals surface area contributed by atoms with Crippen molar-refractivity contribution in [1.29, 1.82) is 0 Å². The van der Waals surface area contributed by atoms with Crippen LogP contribution in [0.2, 0.25) is 0 Å². The Kier molecular flexibility index (Phi) is 5.53. The second kappa shape index (κ2) is 7.65. The fourth-order valence-electron chi connectivity index (χ4n) is 3.40. The number of carbonyl (C=O) groups excluding carboxylic acids is 1. The monoisotopic (exact) mass is 368 g/mol. The molecule has 0 aromatic carbocycles. The summed E-state index contributed by atoms with van der Waals surface area (Å²) in [5.41, 5.74) is 0. The van der Waals surface area contributed by atoms with Gasteiger partial charge >= 0.3 is 0 Å². The SMILES string of the molecule is CS(=O)(=O)N1CCC(C(=O)N2CCC(Oc3cnccn3)CC2)CC1. The van der Waals surface area contributed by atoms with Crippen LogP contribution < -0.4 is 4.74 Å². The first-order valence-corrected chi connectivity index (χ1v) is 10.4. The summed E-state index contributed by atoms with van der Waals surface area (Å²) in [6.45, 7) is 2.19. The van der Waals surface area contributed by atoms with Crippen LogP contribution in [-0.4, -0.2) is 72.0 Å². The maximum atomic E-state index is 12.7. The number of amides is 1. The van der Waals surface area contributed by atoms with Crippen molar-refractivity contribution in [3.63, 3.8) is 0 Å². The van der Waals surface area contributed by atoms with E-state index < -0.39 is 10.0 Å². The van der Waals surface area contributed by atoms with Crippen LogP contribution in [-0.2, 0) is 14.8 Å². The van der Waals surface area contributed by atoms with Gasteiger partial charge in [0.2, 0.25) is 21.8 Å². The third-order valence-electron chi connectivity index (χ3n) is 4.85. The summed E-state index contributed by atoms with van der Waals surface area (Å²) in [4.78, 5) is 22.6. The molecule has 2 fully saturated rings. The molecule has 3 rings (SSSR count). The van der Waals surface area contributed by atoms with Gasteiger partial charge in [-0.05, 0) is 12.8 Å². The first kappa shape index (κ1) is 18.1. The largest absolute Gasteiger partial charge is 0.473 e. The molecule has 0 bridgehead atoms. The van der Waals surface area contributed by atoms with E-state index >= 15 is 0 Å². The first-order chi connectivity index (χ1) is 11.9. The highest BCUT2D eigenvalue weighted by Gasteiger charge is 2.33. The molecule has 0 radical (unpaired) electrons. The lowest BCUT2D eigenvalue weighted by molar-refractivity contribution is -0.138. The topological polar surface area (TPSA) is 92.7 Å². The van der Waals surface area contributed by atoms with Gasteiger partial charge in [0.15, 0.2) is 0 Å². The van der Waals surface area contributed by atoms with Gasteiger partial charge in [-0.2, -0.15) is 0 Å². The normalized spacial score (nSPS) is 21.2. The Morgan fingerprint density at radius 3 is 2.36 bits per heavy atom. The zero-order chi connectivity index (χ0) is 17.9. The predicted octanol–water partition coefficient (Wildman–Crippen LogP) is 0.518. The molecule has 0 unspecified atom stereocenters. The lowest BCUT2D eigenvalue weighted by Gasteiger charge is -2.36. The first-order valence-electron chi connectivity index (χ1n) is 8.60. The number of aromatic nitrogens is 2. The minimum Gasteiger partial charge on any atom is -0.473 e. The third-order valence-corrected chi connectivity index (χ3v) is 6.16. The van der Waals surface area contributed by atoms with Gasteiger partial charge in [-0.3, -0.25) is 9.78 Å². The maximum Gasteiger partial charge on any atom is 0.232 e. The molecule has 2 saturated heterocycles. The van der Waals surface area contributed by atoms with Crippen LogP contribution >= 0.6 is 0 Å². The standard InChI is InChI=1S/C16H24N4O4S/c1-25(22,23)20-10-2-13(3-11-20)16(21)19-8-4-14(5-9-19)24-15-12-17-6-7-18-15/h6-7,12-14H,2-5,8-11H2,1H3. The van der Waals surface area contributed by atoms with E-state index in [-0.39, 0.29) is 17.9 Å². The summed E-state index contributed by atoms with van der Waals surface area (Å²) in [5, 5.41) is 0. The van der Waals surface area contributed by atoms with E-state index in [1.165, 1.54) is 10.6 Å². The number of piperidine rings is 2. The molecule has 8 nitrogen and oxygen atoms in total. The molecule has 2 aliphatic heterocycles. The average molecular weight is 368 g/mol. The van der Waals surface area contributed by atoms with Gasteiger partial charge in [-0.15, -0.1) is 0 Å². The third kappa shape index (κ3) is 4.66. The number of nitrogens with zero attached hydrogens (tertiary/aromatic N) is 4. The fraction of sp³-hybridized carbons (Fsp3) is 0.688. The minimum atomic E-state index is -3.16. The van der Waals surface area contributed by atoms with Crippen LogP contribution in [0.15, 0.2) is 18.6 Å². The Hall–Kier alpha value is -1.74. The van der Waals surface area contributed by atoms with Crippen molar-refractivity contribution in [3.05, 3.63) is 18.6 Å². The van der Waals surface area contributed by atoms with Crippen molar-refractivity contribution in [1.82, 2.24) is 19.2 Å².